The van der Waals surface area contributed by atoms with E-state index in [9.17, 15) is 9.59 Å². The number of rotatable bonds is 5. The van der Waals surface area contributed by atoms with Crippen molar-refractivity contribution in [1.29, 1.82) is 0 Å². The summed E-state index contributed by atoms with van der Waals surface area (Å²) in [7, 11) is 3.17. The first-order valence-electron chi connectivity index (χ1n) is 11.1. The van der Waals surface area contributed by atoms with Crippen LogP contribution in [0, 0.1) is 5.41 Å². The van der Waals surface area contributed by atoms with Crippen molar-refractivity contribution in [1.82, 2.24) is 9.91 Å². The number of piperidine rings is 1. The first kappa shape index (κ1) is 22.6. The Morgan fingerprint density at radius 1 is 1.06 bits per heavy atom. The number of ether oxygens (including phenoxy) is 2. The van der Waals surface area contributed by atoms with Crippen molar-refractivity contribution in [3.05, 3.63) is 53.6 Å². The van der Waals surface area contributed by atoms with Crippen LogP contribution >= 0.6 is 0 Å². The zero-order valence-corrected chi connectivity index (χ0v) is 19.5. The van der Waals surface area contributed by atoms with Crippen LogP contribution < -0.4 is 15.2 Å². The molecule has 8 nitrogen and oxygen atoms in total. The number of hydrogen-bond donors (Lipinski definition) is 1. The number of hydrogen-bond acceptors (Lipinski definition) is 6. The number of carbonyl (C=O) groups excluding carboxylic acids is 2. The highest BCUT2D eigenvalue weighted by molar-refractivity contribution is 6.19. The molecule has 0 saturated carbocycles. The Bertz CT molecular complexity index is 1100. The van der Waals surface area contributed by atoms with Crippen molar-refractivity contribution in [2.75, 3.05) is 33.0 Å². The molecule has 0 radical (unpaired) electrons. The lowest BCUT2D eigenvalue weighted by atomic mass is 9.83. The van der Waals surface area contributed by atoms with E-state index < -0.39 is 5.41 Å². The van der Waals surface area contributed by atoms with Crippen molar-refractivity contribution in [2.24, 2.45) is 10.5 Å². The van der Waals surface area contributed by atoms with E-state index in [1.165, 1.54) is 0 Å². The molecule has 4 rings (SSSR count). The molecule has 0 spiro atoms. The molecule has 2 aliphatic heterocycles. The summed E-state index contributed by atoms with van der Waals surface area (Å²) >= 11 is 0. The van der Waals surface area contributed by atoms with Crippen molar-refractivity contribution in [2.45, 2.75) is 32.7 Å². The smallest absolute Gasteiger partial charge is 0.254 e. The van der Waals surface area contributed by atoms with Crippen LogP contribution in [0.4, 0.5) is 5.69 Å². The van der Waals surface area contributed by atoms with Crippen LogP contribution in [0.3, 0.4) is 0 Å². The minimum atomic E-state index is -0.770. The standard InChI is InChI=1S/C25H30N4O4/c1-25(2)22(16-8-9-20(32-3)21(15-16)33-4)27-29(24(25)31)19-10-12-28(13-11-19)23(30)17-6-5-7-18(26)14-17/h5-9,14-15,19H,10-13,26H2,1-4H3. The molecule has 2 amide bonds. The van der Waals surface area contributed by atoms with Crippen molar-refractivity contribution in [3.8, 4) is 11.5 Å². The third-order valence-corrected chi connectivity index (χ3v) is 6.43. The topological polar surface area (TPSA) is 97.5 Å². The predicted molar refractivity (Wildman–Crippen MR) is 126 cm³/mol. The number of nitrogen functional groups attached to an aromatic ring is 1. The molecule has 0 bridgehead atoms. The Morgan fingerprint density at radius 2 is 1.76 bits per heavy atom. The molecule has 33 heavy (non-hydrogen) atoms. The van der Waals surface area contributed by atoms with Gasteiger partial charge in [-0.15, -0.1) is 0 Å². The van der Waals surface area contributed by atoms with E-state index >= 15 is 0 Å². The van der Waals surface area contributed by atoms with Gasteiger partial charge in [-0.1, -0.05) is 6.07 Å². The van der Waals surface area contributed by atoms with Gasteiger partial charge >= 0.3 is 0 Å². The van der Waals surface area contributed by atoms with E-state index in [0.717, 1.165) is 5.56 Å². The number of nitrogens with zero attached hydrogens (tertiary/aromatic N) is 3. The third kappa shape index (κ3) is 4.13. The van der Waals surface area contributed by atoms with Crippen LogP contribution in [0.15, 0.2) is 47.6 Å². The van der Waals surface area contributed by atoms with Gasteiger partial charge in [0.2, 0.25) is 0 Å². The van der Waals surface area contributed by atoms with Crippen LogP contribution in [0.25, 0.3) is 0 Å². The Morgan fingerprint density at radius 3 is 2.39 bits per heavy atom. The highest BCUT2D eigenvalue weighted by atomic mass is 16.5. The number of benzene rings is 2. The normalized spacial score (nSPS) is 18.3. The summed E-state index contributed by atoms with van der Waals surface area (Å²) in [5, 5.41) is 6.39. The molecule has 0 atom stereocenters. The van der Waals surface area contributed by atoms with Gasteiger partial charge in [0.1, 0.15) is 0 Å². The fourth-order valence-electron chi connectivity index (χ4n) is 4.48. The minimum Gasteiger partial charge on any atom is -0.493 e. The van der Waals surface area contributed by atoms with Crippen LogP contribution in [0.2, 0.25) is 0 Å². The minimum absolute atomic E-state index is 0.0344. The highest BCUT2D eigenvalue weighted by Crippen LogP contribution is 2.37. The van der Waals surface area contributed by atoms with Gasteiger partial charge in [-0.2, -0.15) is 5.10 Å². The van der Waals surface area contributed by atoms with Crippen LogP contribution in [-0.4, -0.2) is 60.8 Å². The zero-order chi connectivity index (χ0) is 23.8. The molecule has 2 aromatic rings. The summed E-state index contributed by atoms with van der Waals surface area (Å²) in [5.74, 6) is 1.14. The lowest BCUT2D eigenvalue weighted by molar-refractivity contribution is -0.137. The molecule has 2 heterocycles. The Balaban J connectivity index is 1.51. The van der Waals surface area contributed by atoms with E-state index in [-0.39, 0.29) is 17.9 Å². The second kappa shape index (κ2) is 8.77. The summed E-state index contributed by atoms with van der Waals surface area (Å²) in [5.41, 5.74) is 7.73. The highest BCUT2D eigenvalue weighted by Gasteiger charge is 2.47. The monoisotopic (exact) mass is 450 g/mol. The van der Waals surface area contributed by atoms with E-state index in [2.05, 4.69) is 0 Å². The summed E-state index contributed by atoms with van der Waals surface area (Å²) in [6.07, 6.45) is 1.33. The summed E-state index contributed by atoms with van der Waals surface area (Å²) in [6, 6.07) is 12.5. The molecule has 1 saturated heterocycles. The lowest BCUT2D eigenvalue weighted by Crippen LogP contribution is -2.47. The lowest BCUT2D eigenvalue weighted by Gasteiger charge is -2.35. The van der Waals surface area contributed by atoms with E-state index in [4.69, 9.17) is 20.3 Å². The largest absolute Gasteiger partial charge is 0.493 e. The fourth-order valence-corrected chi connectivity index (χ4v) is 4.48. The molecular formula is C25H30N4O4. The average molecular weight is 451 g/mol. The number of anilines is 1. The first-order valence-corrected chi connectivity index (χ1v) is 11.1. The quantitative estimate of drug-likeness (QED) is 0.706. The van der Waals surface area contributed by atoms with Gasteiger partial charge in [-0.25, -0.2) is 5.01 Å². The van der Waals surface area contributed by atoms with E-state index in [1.807, 2.05) is 36.9 Å². The van der Waals surface area contributed by atoms with Gasteiger partial charge in [-0.05, 0) is 63.1 Å². The molecule has 174 valence electrons. The van der Waals surface area contributed by atoms with Gasteiger partial charge in [0.15, 0.2) is 11.5 Å². The maximum absolute atomic E-state index is 13.3. The van der Waals surface area contributed by atoms with E-state index in [1.54, 1.807) is 43.5 Å². The number of nitrogens with two attached hydrogens (primary N) is 1. The van der Waals surface area contributed by atoms with Crippen LogP contribution in [-0.2, 0) is 4.79 Å². The van der Waals surface area contributed by atoms with Crippen LogP contribution in [0.5, 0.6) is 11.5 Å². The SMILES string of the molecule is COc1ccc(C2=NN(C3CCN(C(=O)c4cccc(N)c4)CC3)C(=O)C2(C)C)cc1OC. The van der Waals surface area contributed by atoms with E-state index in [0.29, 0.717) is 54.4 Å². The number of likely N-dealkylation sites (tertiary alicyclic amines) is 1. The second-order valence-corrected chi connectivity index (χ2v) is 8.94. The molecule has 0 aromatic heterocycles. The Labute approximate surface area is 193 Å². The molecular weight excluding hydrogens is 420 g/mol. The molecule has 2 aromatic carbocycles. The molecule has 0 aliphatic carbocycles. The Kier molecular flexibility index (Phi) is 6.01. The van der Waals surface area contributed by atoms with Gasteiger partial charge in [-0.3, -0.25) is 9.59 Å². The van der Waals surface area contributed by atoms with Crippen molar-refractivity contribution >= 4 is 23.2 Å². The Hall–Kier alpha value is -3.55. The molecule has 0 unspecified atom stereocenters. The number of amides is 2. The summed E-state index contributed by atoms with van der Waals surface area (Å²) in [6.45, 7) is 4.90. The molecule has 2 aliphatic rings. The molecule has 1 fully saturated rings. The number of hydrazone groups is 1. The summed E-state index contributed by atoms with van der Waals surface area (Å²) < 4.78 is 10.8. The maximum atomic E-state index is 13.3. The second-order valence-electron chi connectivity index (χ2n) is 8.94. The van der Waals surface area contributed by atoms with Gasteiger partial charge in [0.05, 0.1) is 31.4 Å². The number of methoxy groups -OCH3 is 2. The third-order valence-electron chi connectivity index (χ3n) is 6.43. The molecule has 2 N–H and O–H groups in total. The zero-order valence-electron chi connectivity index (χ0n) is 19.5. The van der Waals surface area contributed by atoms with Gasteiger partial charge < -0.3 is 20.1 Å². The summed E-state index contributed by atoms with van der Waals surface area (Å²) in [4.78, 5) is 28.0. The molecule has 8 heteroatoms. The van der Waals surface area contributed by atoms with Crippen LogP contribution in [0.1, 0.15) is 42.6 Å². The van der Waals surface area contributed by atoms with Gasteiger partial charge in [0, 0.05) is 29.9 Å². The fraction of sp³-hybridized carbons (Fsp3) is 0.400. The average Bonchev–Trinajstić information content (AvgIpc) is 3.07. The number of carbonyl (C=O) groups is 2. The van der Waals surface area contributed by atoms with Crippen molar-refractivity contribution in [3.63, 3.8) is 0 Å². The maximum Gasteiger partial charge on any atom is 0.254 e. The first-order chi connectivity index (χ1) is 15.8. The van der Waals surface area contributed by atoms with Gasteiger partial charge in [0.25, 0.3) is 11.8 Å². The predicted octanol–water partition coefficient (Wildman–Crippen LogP) is 3.16. The van der Waals surface area contributed by atoms with Crippen molar-refractivity contribution < 1.29 is 19.1 Å².